The first-order valence-corrected chi connectivity index (χ1v) is 7.10. The third-order valence-corrected chi connectivity index (χ3v) is 4.01. The summed E-state index contributed by atoms with van der Waals surface area (Å²) in [4.78, 5) is 24.7. The molecule has 0 radical (unpaired) electrons. The molecule has 0 bridgehead atoms. The summed E-state index contributed by atoms with van der Waals surface area (Å²) < 4.78 is 0. The van der Waals surface area contributed by atoms with Crippen molar-refractivity contribution in [2.45, 2.75) is 25.0 Å². The molecule has 1 heterocycles. The first-order chi connectivity index (χ1) is 9.63. The van der Waals surface area contributed by atoms with Gasteiger partial charge in [-0.15, -0.1) is 0 Å². The van der Waals surface area contributed by atoms with Gasteiger partial charge in [-0.1, -0.05) is 22.9 Å². The van der Waals surface area contributed by atoms with Crippen LogP contribution in [0.5, 0.6) is 0 Å². The van der Waals surface area contributed by atoms with Gasteiger partial charge in [0.1, 0.15) is 12.1 Å². The van der Waals surface area contributed by atoms with Crippen molar-refractivity contribution in [2.75, 3.05) is 26.2 Å². The normalized spacial score (nSPS) is 26.9. The molecular weight excluding hydrogens is 282 g/mol. The second-order valence-electron chi connectivity index (χ2n) is 4.97. The molecule has 0 aromatic rings. The molecule has 0 saturated carbocycles. The summed E-state index contributed by atoms with van der Waals surface area (Å²) >= 11 is 5.92. The average molecular weight is 300 g/mol. The number of carbonyl (C=O) groups is 1. The van der Waals surface area contributed by atoms with Crippen LogP contribution >= 0.6 is 11.6 Å². The summed E-state index contributed by atoms with van der Waals surface area (Å²) in [5, 5.41) is 15.2. The van der Waals surface area contributed by atoms with Crippen molar-refractivity contribution in [1.29, 1.82) is 0 Å². The van der Waals surface area contributed by atoms with Crippen LogP contribution in [-0.2, 0) is 4.79 Å². The summed E-state index contributed by atoms with van der Waals surface area (Å²) in [6, 6.07) is -0.927. The smallest absolute Gasteiger partial charge is 0.252 e. The third-order valence-electron chi connectivity index (χ3n) is 3.58. The van der Waals surface area contributed by atoms with E-state index in [2.05, 4.69) is 15.4 Å². The highest BCUT2D eigenvalue weighted by Gasteiger charge is 2.29. The van der Waals surface area contributed by atoms with Crippen molar-refractivity contribution in [1.82, 2.24) is 10.2 Å². The number of aliphatic hydroxyl groups excluding tert-OH is 1. The Morgan fingerprint density at radius 2 is 2.20 bits per heavy atom. The highest BCUT2D eigenvalue weighted by atomic mass is 35.5. The van der Waals surface area contributed by atoms with Crippen LogP contribution in [-0.4, -0.2) is 54.2 Å². The van der Waals surface area contributed by atoms with E-state index in [1.54, 1.807) is 0 Å². The molecular formula is C13H18ClN3O3. The van der Waals surface area contributed by atoms with Gasteiger partial charge in [0, 0.05) is 13.1 Å². The molecule has 0 aromatic carbocycles. The van der Waals surface area contributed by atoms with E-state index in [0.717, 1.165) is 19.6 Å². The number of hydrogen-bond acceptors (Lipinski definition) is 5. The summed E-state index contributed by atoms with van der Waals surface area (Å²) in [5.74, 6) is -0.339. The third kappa shape index (κ3) is 3.45. The van der Waals surface area contributed by atoms with Crippen LogP contribution in [0.15, 0.2) is 27.9 Å². The minimum atomic E-state index is -1.24. The van der Waals surface area contributed by atoms with Crippen LogP contribution in [0, 0.1) is 4.91 Å². The number of halogens is 1. The van der Waals surface area contributed by atoms with E-state index in [9.17, 15) is 14.8 Å². The highest BCUT2D eigenvalue weighted by molar-refractivity contribution is 6.33. The average Bonchev–Trinajstić information content (AvgIpc) is 2.95. The van der Waals surface area contributed by atoms with Crippen LogP contribution in [0.1, 0.15) is 12.8 Å². The Kier molecular flexibility index (Phi) is 5.28. The van der Waals surface area contributed by atoms with Crippen LogP contribution in [0.25, 0.3) is 0 Å². The van der Waals surface area contributed by atoms with Crippen molar-refractivity contribution < 1.29 is 9.90 Å². The van der Waals surface area contributed by atoms with Crippen molar-refractivity contribution in [3.05, 3.63) is 27.7 Å². The first-order valence-electron chi connectivity index (χ1n) is 6.72. The lowest BCUT2D eigenvalue weighted by atomic mass is 10.00. The molecule has 2 atom stereocenters. The second kappa shape index (κ2) is 6.97. The van der Waals surface area contributed by atoms with Crippen LogP contribution in [0.3, 0.4) is 0 Å². The van der Waals surface area contributed by atoms with E-state index < -0.39 is 12.1 Å². The van der Waals surface area contributed by atoms with Gasteiger partial charge in [0.2, 0.25) is 0 Å². The molecule has 7 heteroatoms. The van der Waals surface area contributed by atoms with E-state index in [1.165, 1.54) is 25.0 Å². The lowest BCUT2D eigenvalue weighted by molar-refractivity contribution is -0.117. The van der Waals surface area contributed by atoms with E-state index in [1.807, 2.05) is 0 Å². The summed E-state index contributed by atoms with van der Waals surface area (Å²) in [6.07, 6.45) is 4.00. The van der Waals surface area contributed by atoms with E-state index in [4.69, 9.17) is 11.6 Å². The number of nitrogens with one attached hydrogen (secondary N) is 1. The van der Waals surface area contributed by atoms with Gasteiger partial charge >= 0.3 is 0 Å². The molecule has 2 unspecified atom stereocenters. The maximum Gasteiger partial charge on any atom is 0.252 e. The number of likely N-dealkylation sites (tertiary alicyclic amines) is 1. The number of aliphatic hydroxyl groups is 1. The molecule has 1 aliphatic heterocycles. The zero-order chi connectivity index (χ0) is 14.5. The molecule has 1 saturated heterocycles. The zero-order valence-corrected chi connectivity index (χ0v) is 11.8. The predicted octanol–water partition coefficient (Wildman–Crippen LogP) is 0.757. The summed E-state index contributed by atoms with van der Waals surface area (Å²) in [7, 11) is 0. The quantitative estimate of drug-likeness (QED) is 0.734. The fourth-order valence-electron chi connectivity index (χ4n) is 2.39. The van der Waals surface area contributed by atoms with Gasteiger partial charge in [-0.05, 0) is 32.0 Å². The Hall–Kier alpha value is -1.24. The van der Waals surface area contributed by atoms with Crippen molar-refractivity contribution in [3.8, 4) is 0 Å². The topological polar surface area (TPSA) is 82.0 Å². The maximum absolute atomic E-state index is 12.0. The van der Waals surface area contributed by atoms with Gasteiger partial charge in [0.15, 0.2) is 0 Å². The monoisotopic (exact) mass is 299 g/mol. The number of hydrogen-bond donors (Lipinski definition) is 2. The van der Waals surface area contributed by atoms with Gasteiger partial charge < -0.3 is 15.3 Å². The summed E-state index contributed by atoms with van der Waals surface area (Å²) in [6.45, 7) is 3.49. The number of rotatable bonds is 5. The standard InChI is InChI=1S/C13H18ClN3O3/c14-11-9(3-4-10(16-20)12(11)18)13(19)15-5-8-17-6-1-2-7-17/h3-4,10,12,18H,1-2,5-8H2,(H,15,19). The van der Waals surface area contributed by atoms with Crippen LogP contribution in [0.2, 0.25) is 0 Å². The molecule has 1 aliphatic carbocycles. The van der Waals surface area contributed by atoms with Gasteiger partial charge in [-0.2, -0.15) is 4.91 Å². The lowest BCUT2D eigenvalue weighted by Crippen LogP contribution is -2.36. The van der Waals surface area contributed by atoms with Crippen LogP contribution in [0.4, 0.5) is 0 Å². The van der Waals surface area contributed by atoms with E-state index in [0.29, 0.717) is 6.54 Å². The Bertz CT molecular complexity index is 444. The van der Waals surface area contributed by atoms with Crippen molar-refractivity contribution >= 4 is 17.5 Å². The van der Waals surface area contributed by atoms with E-state index >= 15 is 0 Å². The number of nitrogens with zero attached hydrogens (tertiary/aromatic N) is 2. The molecule has 2 aliphatic rings. The van der Waals surface area contributed by atoms with Gasteiger partial charge in [-0.3, -0.25) is 4.79 Å². The Labute approximate surface area is 122 Å². The predicted molar refractivity (Wildman–Crippen MR) is 76.3 cm³/mol. The molecule has 2 rings (SSSR count). The summed E-state index contributed by atoms with van der Waals surface area (Å²) in [5.41, 5.74) is 0.195. The number of amides is 1. The molecule has 1 fully saturated rings. The fraction of sp³-hybridized carbons (Fsp3) is 0.615. The molecule has 20 heavy (non-hydrogen) atoms. The molecule has 6 nitrogen and oxygen atoms in total. The zero-order valence-electron chi connectivity index (χ0n) is 11.1. The van der Waals surface area contributed by atoms with E-state index in [-0.39, 0.29) is 16.5 Å². The van der Waals surface area contributed by atoms with Crippen molar-refractivity contribution in [2.24, 2.45) is 5.18 Å². The molecule has 110 valence electrons. The van der Waals surface area contributed by atoms with Crippen molar-refractivity contribution in [3.63, 3.8) is 0 Å². The van der Waals surface area contributed by atoms with Crippen LogP contribution < -0.4 is 5.32 Å². The maximum atomic E-state index is 12.0. The second-order valence-corrected chi connectivity index (χ2v) is 5.37. The SMILES string of the molecule is O=NC1C=CC(C(=O)NCCN2CCCC2)=C(Cl)C1O. The minimum absolute atomic E-state index is 0.0317. The highest BCUT2D eigenvalue weighted by Crippen LogP contribution is 2.25. The molecule has 0 aromatic heterocycles. The largest absolute Gasteiger partial charge is 0.385 e. The molecule has 2 N–H and O–H groups in total. The first kappa shape index (κ1) is 15.2. The Morgan fingerprint density at radius 1 is 1.50 bits per heavy atom. The van der Waals surface area contributed by atoms with Gasteiger partial charge in [0.25, 0.3) is 5.91 Å². The molecule has 0 spiro atoms. The van der Waals surface area contributed by atoms with Gasteiger partial charge in [0.05, 0.1) is 10.6 Å². The number of nitroso groups, excluding NO2 is 1. The van der Waals surface area contributed by atoms with Gasteiger partial charge in [-0.25, -0.2) is 0 Å². The molecule has 1 amide bonds. The number of carbonyl (C=O) groups excluding carboxylic acids is 1. The Morgan fingerprint density at radius 3 is 2.85 bits per heavy atom. The lowest BCUT2D eigenvalue weighted by Gasteiger charge is -2.20. The fourth-order valence-corrected chi connectivity index (χ4v) is 2.67. The Balaban J connectivity index is 1.87. The minimum Gasteiger partial charge on any atom is -0.385 e.